The molecule has 1 aliphatic carbocycles. The van der Waals surface area contributed by atoms with E-state index in [9.17, 15) is 27.6 Å². The van der Waals surface area contributed by atoms with Crippen molar-refractivity contribution in [3.63, 3.8) is 0 Å². The molecule has 1 saturated carbocycles. The zero-order valence-corrected chi connectivity index (χ0v) is 14.8. The summed E-state index contributed by atoms with van der Waals surface area (Å²) in [6.07, 6.45) is -2.88. The molecule has 2 aliphatic heterocycles. The van der Waals surface area contributed by atoms with Crippen LogP contribution in [0.15, 0.2) is 18.2 Å². The molecule has 3 aliphatic rings. The molecule has 0 spiro atoms. The molecule has 150 valence electrons. The fourth-order valence-electron chi connectivity index (χ4n) is 3.96. The van der Waals surface area contributed by atoms with E-state index in [4.69, 9.17) is 0 Å². The minimum absolute atomic E-state index is 0.0320. The maximum absolute atomic E-state index is 12.6. The molecular formula is C18H18F3N3O4. The summed E-state index contributed by atoms with van der Waals surface area (Å²) < 4.78 is 41.0. The lowest BCUT2D eigenvalue weighted by Gasteiger charge is -2.26. The number of halogens is 3. The lowest BCUT2D eigenvalue weighted by Crippen LogP contribution is -2.49. The predicted molar refractivity (Wildman–Crippen MR) is 88.7 cm³/mol. The van der Waals surface area contributed by atoms with Gasteiger partial charge in [-0.25, -0.2) is 4.79 Å². The minimum atomic E-state index is -4.77. The molecule has 7 nitrogen and oxygen atoms in total. The number of hydrogen-bond donors (Lipinski definition) is 2. The van der Waals surface area contributed by atoms with Gasteiger partial charge in [0.05, 0.1) is 0 Å². The van der Waals surface area contributed by atoms with Crippen LogP contribution in [0.1, 0.15) is 36.8 Å². The van der Waals surface area contributed by atoms with Crippen molar-refractivity contribution in [2.45, 2.75) is 50.7 Å². The van der Waals surface area contributed by atoms with Crippen LogP contribution in [0.25, 0.3) is 0 Å². The summed E-state index contributed by atoms with van der Waals surface area (Å²) >= 11 is 0. The lowest BCUT2D eigenvalue weighted by molar-refractivity contribution is -0.274. The number of hydrogen-bond acceptors (Lipinski definition) is 4. The second-order valence-corrected chi connectivity index (χ2v) is 7.38. The Morgan fingerprint density at radius 2 is 1.93 bits per heavy atom. The van der Waals surface area contributed by atoms with Crippen molar-refractivity contribution >= 4 is 17.8 Å². The number of ether oxygens (including phenoxy) is 1. The van der Waals surface area contributed by atoms with Gasteiger partial charge in [-0.3, -0.25) is 14.9 Å². The van der Waals surface area contributed by atoms with Gasteiger partial charge < -0.3 is 15.0 Å². The number of benzene rings is 1. The number of nitrogens with one attached hydrogen (secondary N) is 2. The van der Waals surface area contributed by atoms with E-state index in [1.165, 1.54) is 23.1 Å². The molecule has 1 saturated heterocycles. The van der Waals surface area contributed by atoms with Gasteiger partial charge in [0.25, 0.3) is 5.91 Å². The molecule has 1 atom stereocenters. The smallest absolute Gasteiger partial charge is 0.406 e. The fraction of sp³-hybridized carbons (Fsp3) is 0.500. The Morgan fingerprint density at radius 1 is 1.21 bits per heavy atom. The Balaban J connectivity index is 1.39. The number of alkyl halides is 3. The number of urea groups is 1. The molecule has 10 heteroatoms. The predicted octanol–water partition coefficient (Wildman–Crippen LogP) is 2.20. The largest absolute Gasteiger partial charge is 0.573 e. The van der Waals surface area contributed by atoms with Gasteiger partial charge in [-0.2, -0.15) is 0 Å². The molecule has 2 fully saturated rings. The molecule has 0 aromatic heterocycles. The molecule has 0 bridgehead atoms. The molecule has 28 heavy (non-hydrogen) atoms. The SMILES string of the molecule is O=C1NC(=O)C(CCC(=O)N2Cc3ccc(OC(F)(F)F)cc3C2)(C2CC2)N1. The zero-order chi connectivity index (χ0) is 20.1. The molecule has 4 amide bonds. The van der Waals surface area contributed by atoms with Crippen LogP contribution in [0, 0.1) is 5.92 Å². The van der Waals surface area contributed by atoms with E-state index in [0.717, 1.165) is 18.4 Å². The van der Waals surface area contributed by atoms with E-state index in [2.05, 4.69) is 15.4 Å². The third-order valence-electron chi connectivity index (χ3n) is 5.46. The third kappa shape index (κ3) is 3.50. The van der Waals surface area contributed by atoms with Crippen LogP contribution in [-0.4, -0.2) is 34.6 Å². The molecule has 1 aromatic rings. The quantitative estimate of drug-likeness (QED) is 0.746. The first-order valence-corrected chi connectivity index (χ1v) is 8.95. The highest BCUT2D eigenvalue weighted by Crippen LogP contribution is 2.44. The van der Waals surface area contributed by atoms with E-state index in [1.54, 1.807) is 0 Å². The number of carbonyl (C=O) groups excluding carboxylic acids is 3. The molecule has 2 N–H and O–H groups in total. The number of imide groups is 1. The fourth-order valence-corrected chi connectivity index (χ4v) is 3.96. The van der Waals surface area contributed by atoms with Gasteiger partial charge in [-0.1, -0.05) is 6.07 Å². The van der Waals surface area contributed by atoms with Gasteiger partial charge >= 0.3 is 12.4 Å². The summed E-state index contributed by atoms with van der Waals surface area (Å²) in [5.41, 5.74) is 0.318. The van der Waals surface area contributed by atoms with Crippen molar-refractivity contribution in [1.29, 1.82) is 0 Å². The molecule has 0 radical (unpaired) electrons. The number of amides is 4. The molecule has 2 heterocycles. The van der Waals surface area contributed by atoms with Crippen molar-refractivity contribution in [3.8, 4) is 5.75 Å². The van der Waals surface area contributed by atoms with Gasteiger partial charge in [0.1, 0.15) is 11.3 Å². The first-order valence-electron chi connectivity index (χ1n) is 8.95. The highest BCUT2D eigenvalue weighted by Gasteiger charge is 2.55. The number of nitrogens with zero attached hydrogens (tertiary/aromatic N) is 1. The molecule has 4 rings (SSSR count). The Hall–Kier alpha value is -2.78. The maximum Gasteiger partial charge on any atom is 0.573 e. The van der Waals surface area contributed by atoms with E-state index in [0.29, 0.717) is 5.56 Å². The Kier molecular flexibility index (Phi) is 4.24. The zero-order valence-electron chi connectivity index (χ0n) is 14.8. The van der Waals surface area contributed by atoms with Crippen LogP contribution in [0.2, 0.25) is 0 Å². The van der Waals surface area contributed by atoms with Crippen molar-refractivity contribution in [2.75, 3.05) is 0 Å². The summed E-state index contributed by atoms with van der Waals surface area (Å²) in [7, 11) is 0. The Labute approximate surface area is 158 Å². The van der Waals surface area contributed by atoms with E-state index < -0.39 is 23.8 Å². The van der Waals surface area contributed by atoms with Gasteiger partial charge in [-0.15, -0.1) is 13.2 Å². The van der Waals surface area contributed by atoms with Crippen molar-refractivity contribution in [1.82, 2.24) is 15.5 Å². The van der Waals surface area contributed by atoms with Crippen LogP contribution < -0.4 is 15.4 Å². The first-order chi connectivity index (χ1) is 13.2. The summed E-state index contributed by atoms with van der Waals surface area (Å²) in [6.45, 7) is 0.466. The summed E-state index contributed by atoms with van der Waals surface area (Å²) in [4.78, 5) is 37.9. The lowest BCUT2D eigenvalue weighted by atomic mass is 9.88. The topological polar surface area (TPSA) is 87.7 Å². The molecule has 1 aromatic carbocycles. The second kappa shape index (κ2) is 6.39. The Morgan fingerprint density at radius 3 is 2.54 bits per heavy atom. The summed E-state index contributed by atoms with van der Waals surface area (Å²) in [5.74, 6) is -0.905. The average Bonchev–Trinajstić information content (AvgIpc) is 3.29. The van der Waals surface area contributed by atoms with Crippen LogP contribution >= 0.6 is 0 Å². The summed E-state index contributed by atoms with van der Waals surface area (Å²) in [5, 5.41) is 4.92. The van der Waals surface area contributed by atoms with Gasteiger partial charge in [-0.05, 0) is 48.4 Å². The minimum Gasteiger partial charge on any atom is -0.406 e. The van der Waals surface area contributed by atoms with E-state index >= 15 is 0 Å². The van der Waals surface area contributed by atoms with Gasteiger partial charge in [0, 0.05) is 19.5 Å². The Bertz CT molecular complexity index is 853. The monoisotopic (exact) mass is 397 g/mol. The standard InChI is InChI=1S/C18H18F3N3O4/c19-18(20,21)28-13-4-1-10-8-24(9-11(10)7-13)14(25)5-6-17(12-2-3-12)15(26)22-16(27)23-17/h1,4,7,12H,2-3,5-6,8-9H2,(H2,22,23,26,27). The number of fused-ring (bicyclic) bond motifs is 1. The average molecular weight is 397 g/mol. The van der Waals surface area contributed by atoms with Crippen LogP contribution in [-0.2, 0) is 22.7 Å². The maximum atomic E-state index is 12.6. The first kappa shape index (κ1) is 18.6. The van der Waals surface area contributed by atoms with Crippen LogP contribution in [0.5, 0.6) is 5.75 Å². The van der Waals surface area contributed by atoms with Gasteiger partial charge in [0.15, 0.2) is 0 Å². The number of rotatable bonds is 5. The molecular weight excluding hydrogens is 379 g/mol. The summed E-state index contributed by atoms with van der Waals surface area (Å²) in [6, 6.07) is 3.47. The van der Waals surface area contributed by atoms with Crippen molar-refractivity contribution in [3.05, 3.63) is 29.3 Å². The molecule has 1 unspecified atom stereocenters. The van der Waals surface area contributed by atoms with Crippen molar-refractivity contribution < 1.29 is 32.3 Å². The van der Waals surface area contributed by atoms with E-state index in [1.807, 2.05) is 0 Å². The normalized spacial score (nSPS) is 24.0. The van der Waals surface area contributed by atoms with Crippen LogP contribution in [0.3, 0.4) is 0 Å². The number of carbonyl (C=O) groups is 3. The second-order valence-electron chi connectivity index (χ2n) is 7.38. The van der Waals surface area contributed by atoms with Crippen LogP contribution in [0.4, 0.5) is 18.0 Å². The third-order valence-corrected chi connectivity index (χ3v) is 5.46. The van der Waals surface area contributed by atoms with Crippen molar-refractivity contribution in [2.24, 2.45) is 5.92 Å². The highest BCUT2D eigenvalue weighted by molar-refractivity contribution is 6.07. The van der Waals surface area contributed by atoms with E-state index in [-0.39, 0.29) is 43.5 Å². The highest BCUT2D eigenvalue weighted by atomic mass is 19.4. The van der Waals surface area contributed by atoms with Gasteiger partial charge in [0.2, 0.25) is 5.91 Å².